The summed E-state index contributed by atoms with van der Waals surface area (Å²) in [5.74, 6) is -0.243. The van der Waals surface area contributed by atoms with Crippen molar-refractivity contribution in [1.82, 2.24) is 4.90 Å². The summed E-state index contributed by atoms with van der Waals surface area (Å²) in [5.41, 5.74) is 0.603. The van der Waals surface area contributed by atoms with Crippen LogP contribution in [-0.2, 0) is 16.1 Å². The first-order chi connectivity index (χ1) is 13.4. The maximum atomic E-state index is 12.7. The number of amides is 2. The summed E-state index contributed by atoms with van der Waals surface area (Å²) in [6.07, 6.45) is 1.57. The average Bonchev–Trinajstić information content (AvgIpc) is 3.24. The number of hydrogen-bond acceptors (Lipinski definition) is 7. The summed E-state index contributed by atoms with van der Waals surface area (Å²) in [5, 5.41) is 0.0483. The maximum Gasteiger partial charge on any atom is 0.373 e. The molecule has 1 saturated heterocycles. The van der Waals surface area contributed by atoms with Gasteiger partial charge >= 0.3 is 5.97 Å². The number of esters is 1. The molecule has 0 radical (unpaired) electrons. The first kappa shape index (κ1) is 20.0. The van der Waals surface area contributed by atoms with Crippen LogP contribution < -0.4 is 4.74 Å². The first-order valence-electron chi connectivity index (χ1n) is 8.27. The summed E-state index contributed by atoms with van der Waals surface area (Å²) in [6.45, 7) is 2.20. The molecule has 2 heterocycles. The molecule has 0 saturated carbocycles. The fourth-order valence-corrected chi connectivity index (χ4v) is 3.54. The van der Waals surface area contributed by atoms with E-state index in [1.54, 1.807) is 24.3 Å². The lowest BCUT2D eigenvalue weighted by atomic mass is 10.2. The van der Waals surface area contributed by atoms with Gasteiger partial charge in [0, 0.05) is 10.6 Å². The Morgan fingerprint density at radius 3 is 2.79 bits per heavy atom. The fraction of sp³-hybridized carbons (Fsp3) is 0.211. The van der Waals surface area contributed by atoms with Crippen molar-refractivity contribution in [2.45, 2.75) is 13.5 Å². The van der Waals surface area contributed by atoms with E-state index in [9.17, 15) is 14.4 Å². The summed E-state index contributed by atoms with van der Waals surface area (Å²) in [7, 11) is 1.23. The Kier molecular flexibility index (Phi) is 6.11. The van der Waals surface area contributed by atoms with Gasteiger partial charge in [0.2, 0.25) is 5.76 Å². The van der Waals surface area contributed by atoms with E-state index in [1.807, 2.05) is 6.92 Å². The van der Waals surface area contributed by atoms with Crippen LogP contribution in [0, 0.1) is 0 Å². The number of carbonyl (C=O) groups is 3. The highest BCUT2D eigenvalue weighted by Gasteiger charge is 2.36. The second kappa shape index (κ2) is 8.53. The normalized spacial score (nSPS) is 15.4. The Labute approximate surface area is 170 Å². The van der Waals surface area contributed by atoms with Gasteiger partial charge in [0.25, 0.3) is 11.1 Å². The molecule has 0 atom stereocenters. The molecule has 3 rings (SSSR count). The van der Waals surface area contributed by atoms with Crippen molar-refractivity contribution in [2.24, 2.45) is 0 Å². The lowest BCUT2D eigenvalue weighted by molar-refractivity contribution is -0.123. The molecule has 7 nitrogen and oxygen atoms in total. The number of furan rings is 1. The van der Waals surface area contributed by atoms with Gasteiger partial charge in [0.15, 0.2) is 0 Å². The van der Waals surface area contributed by atoms with Crippen molar-refractivity contribution in [3.8, 4) is 5.75 Å². The van der Waals surface area contributed by atoms with Crippen LogP contribution in [-0.4, -0.2) is 35.7 Å². The molecule has 0 aliphatic carbocycles. The Hall–Kier alpha value is -2.71. The molecule has 2 amide bonds. The molecule has 9 heteroatoms. The largest absolute Gasteiger partial charge is 0.493 e. The zero-order valence-electron chi connectivity index (χ0n) is 15.1. The van der Waals surface area contributed by atoms with Crippen molar-refractivity contribution < 1.29 is 28.3 Å². The summed E-state index contributed by atoms with van der Waals surface area (Å²) in [6, 6.07) is 8.00. The Bertz CT molecular complexity index is 967. The molecule has 1 aliphatic rings. The topological polar surface area (TPSA) is 86.1 Å². The SMILES string of the molecule is CCOc1ccc(Cl)cc1/C=C1\SC(=O)N(Cc2ccc(C(=O)OC)o2)C1=O. The van der Waals surface area contributed by atoms with E-state index in [4.69, 9.17) is 20.8 Å². The third-order valence-electron chi connectivity index (χ3n) is 3.79. The number of imide groups is 1. The van der Waals surface area contributed by atoms with Gasteiger partial charge in [-0.05, 0) is 55.1 Å². The van der Waals surface area contributed by atoms with E-state index in [-0.39, 0.29) is 17.2 Å². The second-order valence-corrected chi connectivity index (χ2v) is 7.07. The molecule has 28 heavy (non-hydrogen) atoms. The quantitative estimate of drug-likeness (QED) is 0.506. The Morgan fingerprint density at radius 1 is 1.29 bits per heavy atom. The summed E-state index contributed by atoms with van der Waals surface area (Å²) < 4.78 is 15.4. The van der Waals surface area contributed by atoms with Gasteiger partial charge in [-0.25, -0.2) is 4.79 Å². The van der Waals surface area contributed by atoms with Gasteiger partial charge < -0.3 is 13.9 Å². The van der Waals surface area contributed by atoms with Crippen molar-refractivity contribution >= 4 is 46.6 Å². The Morgan fingerprint density at radius 2 is 2.07 bits per heavy atom. The smallest absolute Gasteiger partial charge is 0.373 e. The Balaban J connectivity index is 1.82. The van der Waals surface area contributed by atoms with E-state index >= 15 is 0 Å². The molecule has 1 aromatic carbocycles. The molecule has 0 bridgehead atoms. The van der Waals surface area contributed by atoms with Gasteiger partial charge in [0.05, 0.1) is 25.2 Å². The number of rotatable bonds is 6. The van der Waals surface area contributed by atoms with Gasteiger partial charge in [-0.3, -0.25) is 14.5 Å². The van der Waals surface area contributed by atoms with Gasteiger partial charge in [-0.1, -0.05) is 11.6 Å². The number of hydrogen-bond donors (Lipinski definition) is 0. The van der Waals surface area contributed by atoms with Crippen LogP contribution in [0.4, 0.5) is 4.79 Å². The molecule has 0 spiro atoms. The van der Waals surface area contributed by atoms with Crippen LogP contribution in [0.5, 0.6) is 5.75 Å². The number of nitrogens with zero attached hydrogens (tertiary/aromatic N) is 1. The van der Waals surface area contributed by atoms with Crippen molar-refractivity contribution in [1.29, 1.82) is 0 Å². The highest BCUT2D eigenvalue weighted by atomic mass is 35.5. The van der Waals surface area contributed by atoms with Gasteiger partial charge in [-0.15, -0.1) is 0 Å². The first-order valence-corrected chi connectivity index (χ1v) is 9.47. The molecule has 0 unspecified atom stereocenters. The van der Waals surface area contributed by atoms with Crippen LogP contribution in [0.25, 0.3) is 6.08 Å². The highest BCUT2D eigenvalue weighted by molar-refractivity contribution is 8.18. The van der Waals surface area contributed by atoms with Crippen LogP contribution in [0.1, 0.15) is 28.8 Å². The minimum atomic E-state index is -0.635. The lowest BCUT2D eigenvalue weighted by Gasteiger charge is -2.10. The number of carbonyl (C=O) groups excluding carboxylic acids is 3. The maximum absolute atomic E-state index is 12.7. The third-order valence-corrected chi connectivity index (χ3v) is 4.94. The summed E-state index contributed by atoms with van der Waals surface area (Å²) in [4.78, 5) is 37.7. The van der Waals surface area contributed by atoms with Gasteiger partial charge in [0.1, 0.15) is 11.5 Å². The fourth-order valence-electron chi connectivity index (χ4n) is 2.53. The van der Waals surface area contributed by atoms with Crippen LogP contribution in [0.3, 0.4) is 0 Å². The van der Waals surface area contributed by atoms with Crippen molar-refractivity contribution in [3.05, 3.63) is 57.3 Å². The number of halogens is 1. The zero-order chi connectivity index (χ0) is 20.3. The predicted octanol–water partition coefficient (Wildman–Crippen LogP) is 4.35. The second-order valence-electron chi connectivity index (χ2n) is 5.64. The molecular weight excluding hydrogens is 406 g/mol. The van der Waals surface area contributed by atoms with E-state index < -0.39 is 17.1 Å². The minimum Gasteiger partial charge on any atom is -0.493 e. The van der Waals surface area contributed by atoms with Crippen molar-refractivity contribution in [3.63, 3.8) is 0 Å². The van der Waals surface area contributed by atoms with Crippen LogP contribution in [0.2, 0.25) is 5.02 Å². The van der Waals surface area contributed by atoms with E-state index in [2.05, 4.69) is 4.74 Å². The molecular formula is C19H16ClNO6S. The zero-order valence-corrected chi connectivity index (χ0v) is 16.6. The molecule has 1 aliphatic heterocycles. The lowest BCUT2D eigenvalue weighted by Crippen LogP contribution is -2.27. The van der Waals surface area contributed by atoms with E-state index in [0.717, 1.165) is 16.7 Å². The molecule has 0 N–H and O–H groups in total. The number of ether oxygens (including phenoxy) is 2. The standard InChI is InChI=1S/C19H16ClNO6S/c1-3-26-14-6-4-12(20)8-11(14)9-16-17(22)21(19(24)28-16)10-13-5-7-15(27-13)18(23)25-2/h4-9H,3,10H2,1-2H3/b16-9-. The molecule has 2 aromatic rings. The third kappa shape index (κ3) is 4.23. The van der Waals surface area contributed by atoms with E-state index in [0.29, 0.717) is 28.7 Å². The van der Waals surface area contributed by atoms with Crippen molar-refractivity contribution in [2.75, 3.05) is 13.7 Å². The summed E-state index contributed by atoms with van der Waals surface area (Å²) >= 11 is 6.85. The number of thioether (sulfide) groups is 1. The molecule has 1 aromatic heterocycles. The average molecular weight is 422 g/mol. The van der Waals surface area contributed by atoms with Crippen LogP contribution >= 0.6 is 23.4 Å². The monoisotopic (exact) mass is 421 g/mol. The van der Waals surface area contributed by atoms with E-state index in [1.165, 1.54) is 19.2 Å². The van der Waals surface area contributed by atoms with Gasteiger partial charge in [-0.2, -0.15) is 0 Å². The predicted molar refractivity (Wildman–Crippen MR) is 104 cm³/mol. The molecule has 1 fully saturated rings. The van der Waals surface area contributed by atoms with Crippen LogP contribution in [0.15, 0.2) is 39.7 Å². The minimum absolute atomic E-state index is 0.000275. The number of methoxy groups -OCH3 is 1. The highest BCUT2D eigenvalue weighted by Crippen LogP contribution is 2.35. The number of benzene rings is 1. The molecule has 146 valence electrons.